The molecule has 3 heterocycles. The Kier molecular flexibility index (Phi) is 7.20. The predicted molar refractivity (Wildman–Crippen MR) is 153 cm³/mol. The summed E-state index contributed by atoms with van der Waals surface area (Å²) in [5.74, 6) is -0.627. The van der Waals surface area contributed by atoms with Crippen LogP contribution in [0.3, 0.4) is 0 Å². The first kappa shape index (κ1) is 25.6. The number of anilines is 1. The van der Waals surface area contributed by atoms with E-state index in [1.165, 1.54) is 17.1 Å². The average molecular weight is 552 g/mol. The van der Waals surface area contributed by atoms with Crippen LogP contribution >= 0.6 is 11.6 Å². The Labute approximate surface area is 236 Å². The molecule has 2 amide bonds. The molecule has 2 atom stereocenters. The number of hydrogen-bond donors (Lipinski definition) is 1. The maximum atomic E-state index is 13.9. The number of benzene rings is 3. The number of carbonyl (C=O) groups is 2. The summed E-state index contributed by atoms with van der Waals surface area (Å²) in [6.07, 6.45) is 8.04. The van der Waals surface area contributed by atoms with Gasteiger partial charge in [0.05, 0.1) is 12.2 Å². The Morgan fingerprint density at radius 3 is 2.75 bits per heavy atom. The van der Waals surface area contributed by atoms with E-state index < -0.39 is 6.04 Å². The Hall–Kier alpha value is -4.63. The van der Waals surface area contributed by atoms with Gasteiger partial charge < -0.3 is 10.2 Å². The highest BCUT2D eigenvalue weighted by Gasteiger charge is 2.39. The van der Waals surface area contributed by atoms with E-state index in [2.05, 4.69) is 25.8 Å². The fourth-order valence-corrected chi connectivity index (χ4v) is 5.59. The molecule has 0 bridgehead atoms. The Morgan fingerprint density at radius 1 is 1.05 bits per heavy atom. The van der Waals surface area contributed by atoms with Gasteiger partial charge in [-0.05, 0) is 76.4 Å². The lowest BCUT2D eigenvalue weighted by atomic mass is 9.82. The van der Waals surface area contributed by atoms with Crippen molar-refractivity contribution in [3.05, 3.63) is 106 Å². The Balaban J connectivity index is 1.30. The van der Waals surface area contributed by atoms with Crippen LogP contribution in [0.15, 0.2) is 84.1 Å². The Morgan fingerprint density at radius 2 is 1.93 bits per heavy atom. The molecule has 40 heavy (non-hydrogen) atoms. The first-order valence-electron chi connectivity index (χ1n) is 13.1. The number of fused-ring (bicyclic) bond motifs is 1. The summed E-state index contributed by atoms with van der Waals surface area (Å²) in [5, 5.41) is 14.9. The number of nitrogens with zero attached hydrogens (tertiary/aromatic N) is 6. The van der Waals surface area contributed by atoms with Crippen molar-refractivity contribution in [1.82, 2.24) is 25.1 Å². The first-order chi connectivity index (χ1) is 19.6. The van der Waals surface area contributed by atoms with Crippen molar-refractivity contribution >= 4 is 41.4 Å². The van der Waals surface area contributed by atoms with Crippen LogP contribution < -0.4 is 5.32 Å². The summed E-state index contributed by atoms with van der Waals surface area (Å²) in [6, 6.07) is 20.3. The second kappa shape index (κ2) is 11.2. The monoisotopic (exact) mass is 551 g/mol. The van der Waals surface area contributed by atoms with E-state index in [9.17, 15) is 9.59 Å². The van der Waals surface area contributed by atoms with Crippen LogP contribution in [0.5, 0.6) is 0 Å². The number of likely N-dealkylation sites (tertiary alicyclic amines) is 1. The number of rotatable bonds is 6. The number of carbonyl (C=O) groups excluding carboxylic acids is 2. The minimum atomic E-state index is -0.687. The zero-order valence-corrected chi connectivity index (χ0v) is 22.3. The number of hydrogen-bond acceptors (Lipinski definition) is 6. The van der Waals surface area contributed by atoms with Gasteiger partial charge in [0.2, 0.25) is 11.8 Å². The maximum Gasteiger partial charge on any atom is 0.247 e. The standard InChI is InChI=1S/C30H26ClN7O2/c31-24-10-12-27(38-19-33-35-36-38)21(15-24)9-13-28(39)37-14-4-7-26(20-5-2-1-3-6-20)29(37)30(40)34-25-11-8-22-17-32-18-23(22)16-25/h1-3,5-6,8-13,15-16,18-19,26,29H,4,7,14,17H2,(H,34,40)/b13-9+. The van der Waals surface area contributed by atoms with Gasteiger partial charge in [0.15, 0.2) is 0 Å². The highest BCUT2D eigenvalue weighted by molar-refractivity contribution is 6.30. The van der Waals surface area contributed by atoms with E-state index in [4.69, 9.17) is 11.6 Å². The van der Waals surface area contributed by atoms with Crippen LogP contribution in [-0.2, 0) is 16.1 Å². The molecule has 0 radical (unpaired) electrons. The quantitative estimate of drug-likeness (QED) is 0.350. The molecule has 2 unspecified atom stereocenters. The van der Waals surface area contributed by atoms with E-state index in [1.807, 2.05) is 54.7 Å². The number of nitrogens with one attached hydrogen (secondary N) is 1. The van der Waals surface area contributed by atoms with E-state index >= 15 is 0 Å². The van der Waals surface area contributed by atoms with E-state index in [-0.39, 0.29) is 17.7 Å². The third kappa shape index (κ3) is 5.28. The van der Waals surface area contributed by atoms with Gasteiger partial charge in [-0.2, -0.15) is 4.68 Å². The number of amides is 2. The fourth-order valence-electron chi connectivity index (χ4n) is 5.41. The average Bonchev–Trinajstić information content (AvgIpc) is 3.68. The largest absolute Gasteiger partial charge is 0.326 e. The van der Waals surface area contributed by atoms with Crippen molar-refractivity contribution in [2.75, 3.05) is 11.9 Å². The molecule has 6 rings (SSSR count). The summed E-state index contributed by atoms with van der Waals surface area (Å²) in [5.41, 5.74) is 5.18. The molecule has 1 saturated heterocycles. The zero-order valence-electron chi connectivity index (χ0n) is 21.5. The molecule has 3 aromatic carbocycles. The molecule has 200 valence electrons. The normalized spacial score (nSPS) is 18.2. The SMILES string of the molecule is O=C(Nc1ccc2c(c1)C=NC2)C1C(c2ccccc2)CCCN1C(=O)/C=C/c1cc(Cl)ccc1-n1cnnn1. The summed E-state index contributed by atoms with van der Waals surface area (Å²) in [4.78, 5) is 33.6. The minimum absolute atomic E-state index is 0.147. The zero-order chi connectivity index (χ0) is 27.5. The van der Waals surface area contributed by atoms with Gasteiger partial charge in [0.1, 0.15) is 12.4 Å². The second-order valence-corrected chi connectivity index (χ2v) is 10.2. The van der Waals surface area contributed by atoms with E-state index in [0.29, 0.717) is 35.1 Å². The molecule has 2 aliphatic rings. The van der Waals surface area contributed by atoms with Crippen LogP contribution in [0.2, 0.25) is 5.02 Å². The molecular formula is C30H26ClN7O2. The number of aliphatic imine (C=N–C) groups is 1. The van der Waals surface area contributed by atoms with Gasteiger partial charge in [-0.3, -0.25) is 14.6 Å². The molecule has 9 nitrogen and oxygen atoms in total. The molecule has 0 aliphatic carbocycles. The first-order valence-corrected chi connectivity index (χ1v) is 13.4. The van der Waals surface area contributed by atoms with Crippen molar-refractivity contribution in [2.45, 2.75) is 31.3 Å². The number of tetrazole rings is 1. The van der Waals surface area contributed by atoms with Gasteiger partial charge in [-0.25, -0.2) is 0 Å². The number of aromatic nitrogens is 4. The van der Waals surface area contributed by atoms with Gasteiger partial charge in [-0.1, -0.05) is 48.0 Å². The van der Waals surface area contributed by atoms with Crippen LogP contribution in [0, 0.1) is 0 Å². The van der Waals surface area contributed by atoms with Crippen LogP contribution in [0.4, 0.5) is 5.69 Å². The predicted octanol–water partition coefficient (Wildman–Crippen LogP) is 4.67. The smallest absolute Gasteiger partial charge is 0.247 e. The van der Waals surface area contributed by atoms with Crippen LogP contribution in [0.1, 0.15) is 41.0 Å². The van der Waals surface area contributed by atoms with Gasteiger partial charge in [0.25, 0.3) is 0 Å². The third-order valence-electron chi connectivity index (χ3n) is 7.31. The molecule has 1 aromatic heterocycles. The molecule has 1 N–H and O–H groups in total. The summed E-state index contributed by atoms with van der Waals surface area (Å²) >= 11 is 6.25. The van der Waals surface area contributed by atoms with E-state index in [1.54, 1.807) is 29.2 Å². The minimum Gasteiger partial charge on any atom is -0.326 e. The molecule has 10 heteroatoms. The molecule has 1 fully saturated rings. The number of halogens is 1. The van der Waals surface area contributed by atoms with Gasteiger partial charge in [-0.15, -0.1) is 5.10 Å². The lowest BCUT2D eigenvalue weighted by Crippen LogP contribution is -2.53. The van der Waals surface area contributed by atoms with E-state index in [0.717, 1.165) is 29.5 Å². The van der Waals surface area contributed by atoms with Gasteiger partial charge in [0, 0.05) is 41.0 Å². The van der Waals surface area contributed by atoms with Crippen molar-refractivity contribution < 1.29 is 9.59 Å². The third-order valence-corrected chi connectivity index (χ3v) is 7.54. The van der Waals surface area contributed by atoms with Crippen molar-refractivity contribution in [3.8, 4) is 5.69 Å². The van der Waals surface area contributed by atoms with Gasteiger partial charge >= 0.3 is 0 Å². The van der Waals surface area contributed by atoms with Crippen molar-refractivity contribution in [2.24, 2.45) is 4.99 Å². The topological polar surface area (TPSA) is 105 Å². The molecule has 0 spiro atoms. The summed E-state index contributed by atoms with van der Waals surface area (Å²) in [6.45, 7) is 1.12. The molecular weight excluding hydrogens is 526 g/mol. The fraction of sp³-hybridized carbons (Fsp3) is 0.200. The summed E-state index contributed by atoms with van der Waals surface area (Å²) < 4.78 is 1.50. The second-order valence-electron chi connectivity index (χ2n) is 9.80. The van der Waals surface area contributed by atoms with Crippen LogP contribution in [-0.4, -0.2) is 55.7 Å². The van der Waals surface area contributed by atoms with Crippen molar-refractivity contribution in [1.29, 1.82) is 0 Å². The van der Waals surface area contributed by atoms with Crippen molar-refractivity contribution in [3.63, 3.8) is 0 Å². The lowest BCUT2D eigenvalue weighted by Gasteiger charge is -2.40. The molecule has 4 aromatic rings. The maximum absolute atomic E-state index is 13.9. The highest BCUT2D eigenvalue weighted by atomic mass is 35.5. The highest BCUT2D eigenvalue weighted by Crippen LogP contribution is 2.34. The molecule has 2 aliphatic heterocycles. The Bertz CT molecular complexity index is 1600. The van der Waals surface area contributed by atoms with Crippen LogP contribution in [0.25, 0.3) is 11.8 Å². The molecule has 0 saturated carbocycles. The summed E-state index contributed by atoms with van der Waals surface area (Å²) in [7, 11) is 0. The lowest BCUT2D eigenvalue weighted by molar-refractivity contribution is -0.137. The number of piperidine rings is 1.